The Hall–Kier alpha value is -2.99. The highest BCUT2D eigenvalue weighted by Crippen LogP contribution is 2.25. The van der Waals surface area contributed by atoms with Gasteiger partial charge in [0.2, 0.25) is 5.91 Å². The molecule has 28 heavy (non-hydrogen) atoms. The number of hydrogen-bond acceptors (Lipinski definition) is 4. The summed E-state index contributed by atoms with van der Waals surface area (Å²) in [6.45, 7) is 2.46. The minimum absolute atomic E-state index is 0.00798. The van der Waals surface area contributed by atoms with Crippen molar-refractivity contribution >= 4 is 11.6 Å². The number of anilines is 1. The molecule has 0 unspecified atom stereocenters. The molecule has 1 N–H and O–H groups in total. The monoisotopic (exact) mass is 379 g/mol. The quantitative estimate of drug-likeness (QED) is 0.717. The molecule has 0 radical (unpaired) electrons. The minimum atomic E-state index is -0.274. The van der Waals surface area contributed by atoms with Crippen molar-refractivity contribution in [3.63, 3.8) is 0 Å². The first-order valence-corrected chi connectivity index (χ1v) is 9.46. The van der Waals surface area contributed by atoms with Crippen LogP contribution in [0.3, 0.4) is 0 Å². The Bertz CT molecular complexity index is 934. The molecule has 2 heterocycles. The van der Waals surface area contributed by atoms with Crippen LogP contribution in [0.25, 0.3) is 11.1 Å². The molecule has 0 atom stereocenters. The number of carbonyl (C=O) groups is 1. The summed E-state index contributed by atoms with van der Waals surface area (Å²) in [6, 6.07) is 15.8. The zero-order valence-electron chi connectivity index (χ0n) is 15.5. The average molecular weight is 379 g/mol. The minimum Gasteiger partial charge on any atom is -0.364 e. The van der Waals surface area contributed by atoms with Crippen LogP contribution in [0.2, 0.25) is 0 Å². The van der Waals surface area contributed by atoms with Crippen molar-refractivity contribution in [2.75, 3.05) is 18.4 Å². The van der Waals surface area contributed by atoms with Crippen LogP contribution in [-0.4, -0.2) is 29.1 Å². The molecule has 0 bridgehead atoms. The predicted octanol–water partition coefficient (Wildman–Crippen LogP) is 4.33. The van der Waals surface area contributed by atoms with E-state index in [4.69, 9.17) is 4.52 Å². The molecule has 144 valence electrons. The van der Waals surface area contributed by atoms with Gasteiger partial charge < -0.3 is 9.84 Å². The van der Waals surface area contributed by atoms with Crippen LogP contribution in [0.15, 0.2) is 65.4 Å². The molecule has 6 heteroatoms. The number of amides is 1. The Labute approximate surface area is 163 Å². The van der Waals surface area contributed by atoms with Gasteiger partial charge in [-0.15, -0.1) is 0 Å². The van der Waals surface area contributed by atoms with Crippen LogP contribution < -0.4 is 5.32 Å². The molecule has 1 amide bonds. The van der Waals surface area contributed by atoms with Crippen molar-refractivity contribution in [1.29, 1.82) is 0 Å². The third-order valence-corrected chi connectivity index (χ3v) is 5.12. The highest BCUT2D eigenvalue weighted by molar-refractivity contribution is 5.93. The van der Waals surface area contributed by atoms with Gasteiger partial charge in [-0.3, -0.25) is 9.69 Å². The fourth-order valence-corrected chi connectivity index (χ4v) is 3.59. The lowest BCUT2D eigenvalue weighted by Gasteiger charge is -2.30. The van der Waals surface area contributed by atoms with Gasteiger partial charge in [0.1, 0.15) is 12.1 Å². The Balaban J connectivity index is 1.35. The number of aromatic nitrogens is 1. The fraction of sp³-hybridized carbons (Fsp3) is 0.273. The molecule has 4 rings (SSSR count). The number of piperidine rings is 1. The summed E-state index contributed by atoms with van der Waals surface area (Å²) in [5.41, 5.74) is 3.31. The first-order valence-electron chi connectivity index (χ1n) is 9.46. The summed E-state index contributed by atoms with van der Waals surface area (Å²) in [5, 5.41) is 6.96. The summed E-state index contributed by atoms with van der Waals surface area (Å²) in [7, 11) is 0. The van der Waals surface area contributed by atoms with Crippen molar-refractivity contribution in [2.24, 2.45) is 5.92 Å². The highest BCUT2D eigenvalue weighted by Gasteiger charge is 2.25. The molecular weight excluding hydrogens is 357 g/mol. The summed E-state index contributed by atoms with van der Waals surface area (Å²) in [5.74, 6) is -0.242. The molecule has 1 aliphatic heterocycles. The van der Waals surface area contributed by atoms with E-state index in [0.717, 1.165) is 55.0 Å². The second-order valence-corrected chi connectivity index (χ2v) is 7.12. The third-order valence-electron chi connectivity index (χ3n) is 5.12. The second kappa shape index (κ2) is 8.35. The number of nitrogens with zero attached hydrogens (tertiary/aromatic N) is 2. The summed E-state index contributed by atoms with van der Waals surface area (Å²) in [6.07, 6.45) is 3.20. The maximum Gasteiger partial charge on any atom is 0.227 e. The number of likely N-dealkylation sites (tertiary alicyclic amines) is 1. The van der Waals surface area contributed by atoms with Crippen LogP contribution in [0.1, 0.15) is 18.5 Å². The third kappa shape index (κ3) is 4.46. The Kier molecular flexibility index (Phi) is 5.48. The predicted molar refractivity (Wildman–Crippen MR) is 105 cm³/mol. The number of rotatable bonds is 5. The van der Waals surface area contributed by atoms with Gasteiger partial charge in [-0.25, -0.2) is 4.39 Å². The number of benzene rings is 2. The molecule has 3 aromatic rings. The van der Waals surface area contributed by atoms with Crippen molar-refractivity contribution in [3.8, 4) is 11.1 Å². The van der Waals surface area contributed by atoms with Crippen molar-refractivity contribution in [2.45, 2.75) is 19.4 Å². The molecule has 1 fully saturated rings. The van der Waals surface area contributed by atoms with Crippen molar-refractivity contribution in [1.82, 2.24) is 10.1 Å². The van der Waals surface area contributed by atoms with Crippen molar-refractivity contribution in [3.05, 3.63) is 72.4 Å². The van der Waals surface area contributed by atoms with E-state index in [1.165, 1.54) is 12.1 Å². The van der Waals surface area contributed by atoms with E-state index < -0.39 is 0 Å². The largest absolute Gasteiger partial charge is 0.364 e. The molecule has 2 aromatic carbocycles. The molecular formula is C22H22FN3O2. The molecule has 0 aliphatic carbocycles. The second-order valence-electron chi connectivity index (χ2n) is 7.12. The van der Waals surface area contributed by atoms with E-state index in [1.807, 2.05) is 36.4 Å². The van der Waals surface area contributed by atoms with Gasteiger partial charge in [0.15, 0.2) is 0 Å². The van der Waals surface area contributed by atoms with E-state index in [2.05, 4.69) is 15.4 Å². The lowest BCUT2D eigenvalue weighted by molar-refractivity contribution is -0.121. The van der Waals surface area contributed by atoms with Gasteiger partial charge >= 0.3 is 0 Å². The van der Waals surface area contributed by atoms with Gasteiger partial charge in [-0.2, -0.15) is 0 Å². The van der Waals surface area contributed by atoms with Gasteiger partial charge in [0.25, 0.3) is 0 Å². The normalized spacial score (nSPS) is 15.5. The zero-order chi connectivity index (χ0) is 19.3. The summed E-state index contributed by atoms with van der Waals surface area (Å²) in [4.78, 5) is 15.0. The van der Waals surface area contributed by atoms with Crippen molar-refractivity contribution < 1.29 is 13.7 Å². The molecule has 0 spiro atoms. The Morgan fingerprint density at radius 2 is 1.86 bits per heavy atom. The van der Waals surface area contributed by atoms with E-state index in [1.54, 1.807) is 12.3 Å². The number of carbonyl (C=O) groups excluding carboxylic acids is 1. The van der Waals surface area contributed by atoms with Crippen LogP contribution in [0.5, 0.6) is 0 Å². The standard InChI is InChI=1S/C22H22FN3O2/c23-19-5-1-3-17(13-19)18-4-2-6-20(14-18)24-22(27)16-7-10-26(11-8-16)15-21-9-12-28-25-21/h1-6,9,12-14,16H,7-8,10-11,15H2,(H,24,27). The van der Waals surface area contributed by atoms with Crippen LogP contribution in [-0.2, 0) is 11.3 Å². The lowest BCUT2D eigenvalue weighted by Crippen LogP contribution is -2.37. The topological polar surface area (TPSA) is 58.4 Å². The molecule has 0 saturated carbocycles. The van der Waals surface area contributed by atoms with E-state index in [9.17, 15) is 9.18 Å². The Morgan fingerprint density at radius 1 is 1.11 bits per heavy atom. The molecule has 1 saturated heterocycles. The van der Waals surface area contributed by atoms with Gasteiger partial charge in [0.05, 0.1) is 5.69 Å². The number of hydrogen-bond donors (Lipinski definition) is 1. The van der Waals surface area contributed by atoms with Crippen LogP contribution in [0.4, 0.5) is 10.1 Å². The smallest absolute Gasteiger partial charge is 0.227 e. The maximum atomic E-state index is 13.5. The number of halogens is 1. The van der Waals surface area contributed by atoms with Gasteiger partial charge in [-0.05, 0) is 61.3 Å². The Morgan fingerprint density at radius 3 is 2.57 bits per heavy atom. The van der Waals surface area contributed by atoms with E-state index in [-0.39, 0.29) is 17.6 Å². The molecule has 1 aromatic heterocycles. The van der Waals surface area contributed by atoms with E-state index in [0.29, 0.717) is 0 Å². The lowest BCUT2D eigenvalue weighted by atomic mass is 9.95. The van der Waals surface area contributed by atoms with Gasteiger partial charge in [0, 0.05) is 24.2 Å². The zero-order valence-corrected chi connectivity index (χ0v) is 15.5. The average Bonchev–Trinajstić information content (AvgIpc) is 3.22. The first kappa shape index (κ1) is 18.4. The maximum absolute atomic E-state index is 13.5. The molecule has 1 aliphatic rings. The van der Waals surface area contributed by atoms with Crippen LogP contribution >= 0.6 is 0 Å². The number of nitrogens with one attached hydrogen (secondary N) is 1. The van der Waals surface area contributed by atoms with Crippen LogP contribution in [0, 0.1) is 11.7 Å². The van der Waals surface area contributed by atoms with E-state index >= 15 is 0 Å². The fourth-order valence-electron chi connectivity index (χ4n) is 3.59. The SMILES string of the molecule is O=C(Nc1cccc(-c2cccc(F)c2)c1)C1CCN(Cc2ccon2)CC1. The van der Waals surface area contributed by atoms with Gasteiger partial charge in [-0.1, -0.05) is 29.4 Å². The summed E-state index contributed by atoms with van der Waals surface area (Å²) < 4.78 is 18.3. The highest BCUT2D eigenvalue weighted by atomic mass is 19.1. The first-order chi connectivity index (χ1) is 13.7. The summed E-state index contributed by atoms with van der Waals surface area (Å²) >= 11 is 0. The molecule has 5 nitrogen and oxygen atoms in total.